The number of amides is 1. The van der Waals surface area contributed by atoms with Crippen LogP contribution >= 0.6 is 23.2 Å². The summed E-state index contributed by atoms with van der Waals surface area (Å²) in [6.45, 7) is 2.11. The van der Waals surface area contributed by atoms with E-state index in [-0.39, 0.29) is 18.4 Å². The molecule has 0 saturated heterocycles. The number of nitrogen functional groups attached to an aromatic ring is 1. The van der Waals surface area contributed by atoms with Crippen molar-refractivity contribution in [1.29, 1.82) is 0 Å². The minimum absolute atomic E-state index is 0.179. The molecule has 0 unspecified atom stereocenters. The largest absolute Gasteiger partial charge is 0.388 e. The van der Waals surface area contributed by atoms with Gasteiger partial charge < -0.3 is 16.2 Å². The van der Waals surface area contributed by atoms with Gasteiger partial charge in [-0.2, -0.15) is 4.98 Å². The first kappa shape index (κ1) is 22.1. The smallest absolute Gasteiger partial charge is 0.253 e. The Morgan fingerprint density at radius 1 is 1.19 bits per heavy atom. The number of carbonyl (C=O) groups excluding carboxylic acids is 1. The van der Waals surface area contributed by atoms with Crippen molar-refractivity contribution in [2.45, 2.75) is 19.4 Å². The maximum Gasteiger partial charge on any atom is 0.253 e. The number of nitrogens with zero attached hydrogens (tertiary/aromatic N) is 3. The Morgan fingerprint density at radius 3 is 2.69 bits per heavy atom. The molecule has 0 bridgehead atoms. The van der Waals surface area contributed by atoms with Crippen LogP contribution in [0.5, 0.6) is 0 Å². The third-order valence-electron chi connectivity index (χ3n) is 5.20. The van der Waals surface area contributed by atoms with Crippen LogP contribution in [0.25, 0.3) is 16.8 Å². The molecule has 2 heterocycles. The highest BCUT2D eigenvalue weighted by molar-refractivity contribution is 6.36. The summed E-state index contributed by atoms with van der Waals surface area (Å²) in [4.78, 5) is 17.1. The van der Waals surface area contributed by atoms with Crippen LogP contribution in [0.15, 0.2) is 54.7 Å². The summed E-state index contributed by atoms with van der Waals surface area (Å²) in [7, 11) is 0. The van der Waals surface area contributed by atoms with Gasteiger partial charge in [0.25, 0.3) is 5.91 Å². The third kappa shape index (κ3) is 4.55. The van der Waals surface area contributed by atoms with E-state index in [9.17, 15) is 9.90 Å². The van der Waals surface area contributed by atoms with Crippen LogP contribution in [0.2, 0.25) is 10.0 Å². The van der Waals surface area contributed by atoms with Crippen molar-refractivity contribution in [2.75, 3.05) is 12.3 Å². The van der Waals surface area contributed by atoms with Gasteiger partial charge in [-0.25, -0.2) is 4.52 Å². The van der Waals surface area contributed by atoms with Gasteiger partial charge in [-0.3, -0.25) is 4.79 Å². The van der Waals surface area contributed by atoms with E-state index in [1.165, 1.54) is 0 Å². The molecular formula is C23H21Cl2N5O2. The SMILES string of the molecule is Cc1ccc(-c2ccn3nc(N)nc3c2)c(Cl)c1C(=O)NCC[C@H](O)c1ccc(Cl)cc1. The topological polar surface area (TPSA) is 106 Å². The quantitative estimate of drug-likeness (QED) is 0.386. The van der Waals surface area contributed by atoms with Gasteiger partial charge in [-0.15, -0.1) is 5.10 Å². The first-order valence-electron chi connectivity index (χ1n) is 9.96. The lowest BCUT2D eigenvalue weighted by Crippen LogP contribution is -2.26. The lowest BCUT2D eigenvalue weighted by Gasteiger charge is -2.15. The summed E-state index contributed by atoms with van der Waals surface area (Å²) in [5.41, 5.74) is 9.62. The number of aryl methyl sites for hydroxylation is 1. The van der Waals surface area contributed by atoms with Gasteiger partial charge in [0.2, 0.25) is 5.95 Å². The van der Waals surface area contributed by atoms with E-state index in [1.807, 2.05) is 31.2 Å². The number of carbonyl (C=O) groups is 1. The summed E-state index contributed by atoms with van der Waals surface area (Å²) < 4.78 is 1.57. The summed E-state index contributed by atoms with van der Waals surface area (Å²) >= 11 is 12.5. The summed E-state index contributed by atoms with van der Waals surface area (Å²) in [5.74, 6) is -0.122. The Labute approximate surface area is 194 Å². The second-order valence-electron chi connectivity index (χ2n) is 7.42. The number of aromatic nitrogens is 3. The number of nitrogens with two attached hydrogens (primary N) is 1. The second kappa shape index (κ2) is 9.16. The van der Waals surface area contributed by atoms with Gasteiger partial charge in [0.1, 0.15) is 0 Å². The van der Waals surface area contributed by atoms with Crippen molar-refractivity contribution in [3.05, 3.63) is 81.5 Å². The predicted octanol–water partition coefficient (Wildman–Crippen LogP) is 4.45. The van der Waals surface area contributed by atoms with Crippen LogP contribution in [0.1, 0.15) is 34.0 Å². The highest BCUT2D eigenvalue weighted by Crippen LogP contribution is 2.33. The average Bonchev–Trinajstić information content (AvgIpc) is 3.13. The Hall–Kier alpha value is -3.13. The number of hydrogen-bond donors (Lipinski definition) is 3. The molecule has 2 aromatic carbocycles. The molecule has 0 aliphatic rings. The highest BCUT2D eigenvalue weighted by Gasteiger charge is 2.18. The summed E-state index contributed by atoms with van der Waals surface area (Å²) in [6.07, 6.45) is 1.38. The van der Waals surface area contributed by atoms with Crippen molar-refractivity contribution in [3.8, 4) is 11.1 Å². The molecular weight excluding hydrogens is 449 g/mol. The molecule has 0 aliphatic carbocycles. The molecule has 0 fully saturated rings. The number of pyridine rings is 1. The van der Waals surface area contributed by atoms with Crippen LogP contribution in [0, 0.1) is 6.92 Å². The number of anilines is 1. The lowest BCUT2D eigenvalue weighted by atomic mass is 9.99. The molecule has 0 aliphatic heterocycles. The standard InChI is InChI=1S/C23H21Cl2N5O2/c1-13-2-7-17(15-9-11-30-19(12-15)28-23(26)29-30)21(25)20(13)22(32)27-10-8-18(31)14-3-5-16(24)6-4-14/h2-7,9,11-12,18,31H,8,10H2,1H3,(H2,26,29)(H,27,32)/t18-/m0/s1. The molecule has 32 heavy (non-hydrogen) atoms. The lowest BCUT2D eigenvalue weighted by molar-refractivity contribution is 0.0942. The molecule has 4 N–H and O–H groups in total. The molecule has 1 amide bonds. The zero-order valence-electron chi connectivity index (χ0n) is 17.2. The average molecular weight is 470 g/mol. The van der Waals surface area contributed by atoms with Gasteiger partial charge in [0.05, 0.1) is 16.7 Å². The molecule has 9 heteroatoms. The van der Waals surface area contributed by atoms with E-state index in [2.05, 4.69) is 15.4 Å². The normalized spacial score (nSPS) is 12.1. The molecule has 4 rings (SSSR count). The summed E-state index contributed by atoms with van der Waals surface area (Å²) in [6, 6.07) is 14.3. The Kier molecular flexibility index (Phi) is 6.32. The van der Waals surface area contributed by atoms with Crippen molar-refractivity contribution in [1.82, 2.24) is 19.9 Å². The number of aliphatic hydroxyl groups is 1. The van der Waals surface area contributed by atoms with Crippen LogP contribution < -0.4 is 11.1 Å². The van der Waals surface area contributed by atoms with Crippen LogP contribution in [0.3, 0.4) is 0 Å². The minimum Gasteiger partial charge on any atom is -0.388 e. The Bertz CT molecular complexity index is 1290. The van der Waals surface area contributed by atoms with E-state index < -0.39 is 6.10 Å². The van der Waals surface area contributed by atoms with E-state index in [0.717, 1.165) is 16.7 Å². The van der Waals surface area contributed by atoms with E-state index in [0.29, 0.717) is 33.2 Å². The molecule has 0 saturated carbocycles. The zero-order valence-corrected chi connectivity index (χ0v) is 18.7. The molecule has 1 atom stereocenters. The van der Waals surface area contributed by atoms with Crippen LogP contribution in [0.4, 0.5) is 5.95 Å². The molecule has 2 aromatic heterocycles. The first-order valence-corrected chi connectivity index (χ1v) is 10.7. The number of hydrogen-bond acceptors (Lipinski definition) is 5. The maximum atomic E-state index is 12.9. The maximum absolute atomic E-state index is 12.9. The number of halogens is 2. The Morgan fingerprint density at radius 2 is 1.94 bits per heavy atom. The number of rotatable bonds is 6. The van der Waals surface area contributed by atoms with Gasteiger partial charge in [-0.05, 0) is 54.3 Å². The molecule has 0 radical (unpaired) electrons. The predicted molar refractivity (Wildman–Crippen MR) is 126 cm³/mol. The number of aliphatic hydroxyl groups excluding tert-OH is 1. The fourth-order valence-electron chi connectivity index (χ4n) is 3.50. The third-order valence-corrected chi connectivity index (χ3v) is 5.84. The number of benzene rings is 2. The van der Waals surface area contributed by atoms with Gasteiger partial charge in [0.15, 0.2) is 5.65 Å². The second-order valence-corrected chi connectivity index (χ2v) is 8.23. The summed E-state index contributed by atoms with van der Waals surface area (Å²) in [5, 5.41) is 18.2. The van der Waals surface area contributed by atoms with E-state index in [4.69, 9.17) is 28.9 Å². The van der Waals surface area contributed by atoms with E-state index >= 15 is 0 Å². The first-order chi connectivity index (χ1) is 15.3. The van der Waals surface area contributed by atoms with Crippen LogP contribution in [-0.2, 0) is 0 Å². The van der Waals surface area contributed by atoms with Crippen molar-refractivity contribution in [2.24, 2.45) is 0 Å². The van der Waals surface area contributed by atoms with Gasteiger partial charge >= 0.3 is 0 Å². The fraction of sp³-hybridized carbons (Fsp3) is 0.174. The van der Waals surface area contributed by atoms with Gasteiger partial charge in [-0.1, -0.05) is 47.5 Å². The Balaban J connectivity index is 1.51. The highest BCUT2D eigenvalue weighted by atomic mass is 35.5. The van der Waals surface area contributed by atoms with Crippen molar-refractivity contribution in [3.63, 3.8) is 0 Å². The molecule has 7 nitrogen and oxygen atoms in total. The van der Waals surface area contributed by atoms with Crippen molar-refractivity contribution < 1.29 is 9.90 Å². The van der Waals surface area contributed by atoms with Crippen molar-refractivity contribution >= 4 is 40.7 Å². The molecule has 4 aromatic rings. The molecule has 0 spiro atoms. The monoisotopic (exact) mass is 469 g/mol. The number of fused-ring (bicyclic) bond motifs is 1. The van der Waals surface area contributed by atoms with Crippen LogP contribution in [-0.4, -0.2) is 32.2 Å². The zero-order chi connectivity index (χ0) is 22.8. The minimum atomic E-state index is -0.710. The van der Waals surface area contributed by atoms with E-state index in [1.54, 1.807) is 35.0 Å². The number of nitrogens with one attached hydrogen (secondary N) is 1. The van der Waals surface area contributed by atoms with Gasteiger partial charge in [0, 0.05) is 23.3 Å². The molecule has 164 valence electrons. The fourth-order valence-corrected chi connectivity index (χ4v) is 4.04.